The van der Waals surface area contributed by atoms with E-state index in [1.54, 1.807) is 32.9 Å². The Morgan fingerprint density at radius 2 is 1.70 bits per heavy atom. The van der Waals surface area contributed by atoms with Gasteiger partial charge in [-0.3, -0.25) is 14.9 Å². The number of carboxylic acids is 1. The molecule has 2 aromatic heterocycles. The second kappa shape index (κ2) is 11.2. The number of carbonyl (C=O) groups is 3. The molecular formula is C27H30N4O6. The third-order valence-electron chi connectivity index (χ3n) is 6.64. The van der Waals surface area contributed by atoms with Gasteiger partial charge in [0.2, 0.25) is 11.7 Å². The fraction of sp³-hybridized carbons (Fsp3) is 0.370. The highest BCUT2D eigenvalue weighted by atomic mass is 16.6. The molecule has 0 spiro atoms. The minimum atomic E-state index is -0.942. The summed E-state index contributed by atoms with van der Waals surface area (Å²) in [5, 5.41) is 19.0. The van der Waals surface area contributed by atoms with Crippen LogP contribution in [0.15, 0.2) is 47.0 Å². The molecule has 1 saturated carbocycles. The highest BCUT2D eigenvalue weighted by molar-refractivity contribution is 5.96. The number of hydrogen-bond donors (Lipinski definition) is 3. The number of amides is 2. The van der Waals surface area contributed by atoms with E-state index < -0.39 is 30.0 Å². The second-order valence-electron chi connectivity index (χ2n) is 9.21. The molecule has 3 atom stereocenters. The van der Waals surface area contributed by atoms with Crippen LogP contribution in [0.2, 0.25) is 0 Å². The van der Waals surface area contributed by atoms with Gasteiger partial charge in [0.25, 0.3) is 0 Å². The predicted molar refractivity (Wildman–Crippen MR) is 136 cm³/mol. The molecule has 1 fully saturated rings. The highest BCUT2D eigenvalue weighted by Gasteiger charge is 2.36. The zero-order chi connectivity index (χ0) is 26.5. The molecule has 4 rings (SSSR count). The number of hydrogen-bond acceptors (Lipinski definition) is 7. The highest BCUT2D eigenvalue weighted by Crippen LogP contribution is 2.33. The molecule has 0 aliphatic heterocycles. The fourth-order valence-corrected chi connectivity index (χ4v) is 4.56. The number of rotatable bonds is 7. The molecule has 1 aliphatic carbocycles. The Bertz CT molecular complexity index is 1290. The van der Waals surface area contributed by atoms with Crippen molar-refractivity contribution in [1.82, 2.24) is 10.1 Å². The van der Waals surface area contributed by atoms with Crippen LogP contribution in [-0.2, 0) is 14.3 Å². The van der Waals surface area contributed by atoms with Crippen LogP contribution in [0.25, 0.3) is 11.5 Å². The third-order valence-corrected chi connectivity index (χ3v) is 6.64. The quantitative estimate of drug-likeness (QED) is 0.381. The number of nitrogens with one attached hydrogen (secondary N) is 2. The van der Waals surface area contributed by atoms with Crippen molar-refractivity contribution in [2.24, 2.45) is 11.8 Å². The van der Waals surface area contributed by atoms with Gasteiger partial charge in [-0.15, -0.1) is 0 Å². The standard InChI is InChI=1S/C27H30N4O6/c1-15-21(29-25(32)19-11-7-8-12-20(19)26(33)34)13-14-22(28-15)24-23(16(2)31-37-24)30-27(35)36-17(3)18-9-5-4-6-10-18/h4-6,9-10,13-14,17,19-20H,7-8,11-12H2,1-3H3,(H,29,32)(H,30,35)(H,33,34)/t17-,19+,20-/m1/s1. The largest absolute Gasteiger partial charge is 0.481 e. The van der Waals surface area contributed by atoms with Gasteiger partial charge in [-0.05, 0) is 51.3 Å². The first kappa shape index (κ1) is 25.9. The van der Waals surface area contributed by atoms with Gasteiger partial charge in [0.1, 0.15) is 23.2 Å². The van der Waals surface area contributed by atoms with Crippen LogP contribution in [0.1, 0.15) is 55.7 Å². The first-order chi connectivity index (χ1) is 17.7. The Hall–Kier alpha value is -4.21. The minimum absolute atomic E-state index is 0.251. The van der Waals surface area contributed by atoms with E-state index in [0.29, 0.717) is 41.3 Å². The number of carbonyl (C=O) groups excluding carboxylic acids is 2. The zero-order valence-corrected chi connectivity index (χ0v) is 21.0. The first-order valence-corrected chi connectivity index (χ1v) is 12.2. The number of nitrogens with zero attached hydrogens (tertiary/aromatic N) is 2. The van der Waals surface area contributed by atoms with Gasteiger partial charge in [-0.2, -0.15) is 0 Å². The molecule has 37 heavy (non-hydrogen) atoms. The van der Waals surface area contributed by atoms with Crippen molar-refractivity contribution in [2.45, 2.75) is 52.6 Å². The van der Waals surface area contributed by atoms with E-state index in [1.807, 2.05) is 30.3 Å². The SMILES string of the molecule is Cc1nc(-c2onc(C)c2NC(=O)O[C@H](C)c2ccccc2)ccc1NC(=O)[C@H]1CCCC[C@H]1C(=O)O. The van der Waals surface area contributed by atoms with Crippen LogP contribution in [0.5, 0.6) is 0 Å². The summed E-state index contributed by atoms with van der Waals surface area (Å²) in [6, 6.07) is 12.7. The number of anilines is 2. The van der Waals surface area contributed by atoms with Crippen molar-refractivity contribution in [3.05, 3.63) is 59.4 Å². The van der Waals surface area contributed by atoms with Crippen LogP contribution in [0.3, 0.4) is 0 Å². The average Bonchev–Trinajstić information content (AvgIpc) is 3.25. The van der Waals surface area contributed by atoms with Gasteiger partial charge in [0.05, 0.1) is 23.2 Å². The van der Waals surface area contributed by atoms with Crippen LogP contribution in [0.4, 0.5) is 16.2 Å². The minimum Gasteiger partial charge on any atom is -0.481 e. The van der Waals surface area contributed by atoms with Crippen LogP contribution >= 0.6 is 0 Å². The number of benzene rings is 1. The summed E-state index contributed by atoms with van der Waals surface area (Å²) >= 11 is 0. The van der Waals surface area contributed by atoms with E-state index in [9.17, 15) is 19.5 Å². The Morgan fingerprint density at radius 3 is 2.38 bits per heavy atom. The van der Waals surface area contributed by atoms with Crippen molar-refractivity contribution in [3.63, 3.8) is 0 Å². The fourth-order valence-electron chi connectivity index (χ4n) is 4.56. The van der Waals surface area contributed by atoms with Crippen molar-refractivity contribution < 1.29 is 28.8 Å². The summed E-state index contributed by atoms with van der Waals surface area (Å²) in [7, 11) is 0. The average molecular weight is 507 g/mol. The smallest absolute Gasteiger partial charge is 0.412 e. The molecule has 0 radical (unpaired) electrons. The lowest BCUT2D eigenvalue weighted by Crippen LogP contribution is -2.36. The molecule has 10 heteroatoms. The normalized spacial score (nSPS) is 18.0. The Labute approximate surface area is 214 Å². The molecule has 194 valence electrons. The summed E-state index contributed by atoms with van der Waals surface area (Å²) in [4.78, 5) is 41.6. The van der Waals surface area contributed by atoms with E-state index >= 15 is 0 Å². The van der Waals surface area contributed by atoms with Gasteiger partial charge in [-0.25, -0.2) is 9.78 Å². The number of pyridine rings is 1. The number of ether oxygens (including phenoxy) is 1. The topological polar surface area (TPSA) is 144 Å². The van der Waals surface area contributed by atoms with Gasteiger partial charge < -0.3 is 19.7 Å². The molecule has 0 bridgehead atoms. The van der Waals surface area contributed by atoms with E-state index in [0.717, 1.165) is 18.4 Å². The Balaban J connectivity index is 1.47. The number of carboxylic acid groups (broad SMARTS) is 1. The maximum absolute atomic E-state index is 12.9. The molecule has 3 N–H and O–H groups in total. The van der Waals surface area contributed by atoms with Crippen molar-refractivity contribution in [3.8, 4) is 11.5 Å². The number of aryl methyl sites for hydroxylation is 2. The van der Waals surface area contributed by atoms with Crippen molar-refractivity contribution in [2.75, 3.05) is 10.6 Å². The summed E-state index contributed by atoms with van der Waals surface area (Å²) in [5.74, 6) is -2.28. The van der Waals surface area contributed by atoms with E-state index in [2.05, 4.69) is 20.8 Å². The molecule has 10 nitrogen and oxygen atoms in total. The second-order valence-corrected chi connectivity index (χ2v) is 9.21. The zero-order valence-electron chi connectivity index (χ0n) is 21.0. The van der Waals surface area contributed by atoms with Crippen LogP contribution < -0.4 is 10.6 Å². The van der Waals surface area contributed by atoms with E-state index in [-0.39, 0.29) is 11.7 Å². The van der Waals surface area contributed by atoms with E-state index in [1.165, 1.54) is 0 Å². The number of aliphatic carboxylic acids is 1. The van der Waals surface area contributed by atoms with Crippen molar-refractivity contribution in [1.29, 1.82) is 0 Å². The molecule has 2 heterocycles. The molecule has 0 unspecified atom stereocenters. The van der Waals surface area contributed by atoms with Crippen molar-refractivity contribution >= 4 is 29.3 Å². The Kier molecular flexibility index (Phi) is 7.86. The first-order valence-electron chi connectivity index (χ1n) is 12.2. The van der Waals surface area contributed by atoms with Gasteiger partial charge in [0.15, 0.2) is 0 Å². The lowest BCUT2D eigenvalue weighted by atomic mass is 9.78. The molecule has 3 aromatic rings. The summed E-state index contributed by atoms with van der Waals surface area (Å²) in [5.41, 5.74) is 3.04. The van der Waals surface area contributed by atoms with Crippen LogP contribution in [-0.4, -0.2) is 33.2 Å². The monoisotopic (exact) mass is 506 g/mol. The molecule has 2 amide bonds. The summed E-state index contributed by atoms with van der Waals surface area (Å²) in [6.45, 7) is 5.19. The van der Waals surface area contributed by atoms with E-state index in [4.69, 9.17) is 9.26 Å². The lowest BCUT2D eigenvalue weighted by molar-refractivity contribution is -0.147. The number of aromatic nitrogens is 2. The Morgan fingerprint density at radius 1 is 1.00 bits per heavy atom. The molecule has 0 saturated heterocycles. The van der Waals surface area contributed by atoms with Crippen LogP contribution in [0, 0.1) is 25.7 Å². The molecule has 1 aromatic carbocycles. The predicted octanol–water partition coefficient (Wildman–Crippen LogP) is 5.49. The maximum Gasteiger partial charge on any atom is 0.412 e. The molecular weight excluding hydrogens is 476 g/mol. The van der Waals surface area contributed by atoms with Gasteiger partial charge in [0, 0.05) is 0 Å². The maximum atomic E-state index is 12.9. The summed E-state index contributed by atoms with van der Waals surface area (Å²) < 4.78 is 10.9. The summed E-state index contributed by atoms with van der Waals surface area (Å²) in [6.07, 6.45) is 1.55. The lowest BCUT2D eigenvalue weighted by Gasteiger charge is -2.27. The molecule has 1 aliphatic rings. The third kappa shape index (κ3) is 5.96. The van der Waals surface area contributed by atoms with Gasteiger partial charge in [-0.1, -0.05) is 48.3 Å². The van der Waals surface area contributed by atoms with Gasteiger partial charge >= 0.3 is 12.1 Å².